The predicted molar refractivity (Wildman–Crippen MR) is 152 cm³/mol. The lowest BCUT2D eigenvalue weighted by Gasteiger charge is -2.54. The van der Waals surface area contributed by atoms with E-state index in [-0.39, 0.29) is 32.5 Å². The molecule has 42 heavy (non-hydrogen) atoms. The van der Waals surface area contributed by atoms with Crippen molar-refractivity contribution in [2.75, 3.05) is 46.7 Å². The molecule has 0 saturated carbocycles. The number of aromatic nitrogens is 2. The molecule has 11 nitrogen and oxygen atoms in total. The summed E-state index contributed by atoms with van der Waals surface area (Å²) in [6.45, 7) is 1.83. The number of ether oxygens (including phenoxy) is 2. The first-order chi connectivity index (χ1) is 20.2. The van der Waals surface area contributed by atoms with Gasteiger partial charge in [-0.3, -0.25) is 4.57 Å². The van der Waals surface area contributed by atoms with Crippen LogP contribution in [-0.2, 0) is 28.7 Å². The lowest BCUT2D eigenvalue weighted by Crippen LogP contribution is -2.66. The summed E-state index contributed by atoms with van der Waals surface area (Å²) in [5.41, 5.74) is 1.06. The molecule has 222 valence electrons. The van der Waals surface area contributed by atoms with Crippen LogP contribution in [0, 0.1) is 12.7 Å². The highest BCUT2D eigenvalue weighted by Gasteiger charge is 2.55. The summed E-state index contributed by atoms with van der Waals surface area (Å²) in [5, 5.41) is 15.2. The van der Waals surface area contributed by atoms with Crippen LogP contribution in [0.3, 0.4) is 0 Å². The zero-order valence-corrected chi connectivity index (χ0v) is 24.4. The van der Waals surface area contributed by atoms with Crippen LogP contribution in [0.15, 0.2) is 65.9 Å². The molecule has 1 aromatic heterocycles. The fourth-order valence-corrected chi connectivity index (χ4v) is 7.12. The lowest BCUT2D eigenvalue weighted by molar-refractivity contribution is -0.120. The third-order valence-electron chi connectivity index (χ3n) is 8.00. The van der Waals surface area contributed by atoms with Gasteiger partial charge in [-0.15, -0.1) is 0 Å². The summed E-state index contributed by atoms with van der Waals surface area (Å²) in [6.07, 6.45) is 5.96. The molecule has 4 heterocycles. The van der Waals surface area contributed by atoms with Crippen LogP contribution in [0.25, 0.3) is 11.8 Å². The summed E-state index contributed by atoms with van der Waals surface area (Å²) in [6, 6.07) is 11.6. The minimum absolute atomic E-state index is 0.00669. The number of benzene rings is 2. The van der Waals surface area contributed by atoms with Gasteiger partial charge in [-0.05, 0) is 48.4 Å². The second kappa shape index (κ2) is 10.9. The summed E-state index contributed by atoms with van der Waals surface area (Å²) in [7, 11) is -0.282. The number of oxime groups is 1. The first-order valence-corrected chi connectivity index (χ1v) is 15.2. The zero-order valence-electron chi connectivity index (χ0n) is 23.5. The number of halogens is 1. The third kappa shape index (κ3) is 4.98. The minimum atomic E-state index is -3.24. The molecule has 0 amide bonds. The Morgan fingerprint density at radius 1 is 1.19 bits per heavy atom. The van der Waals surface area contributed by atoms with Gasteiger partial charge >= 0.3 is 7.60 Å². The van der Waals surface area contributed by atoms with Crippen molar-refractivity contribution in [3.8, 4) is 11.4 Å². The molecule has 3 aliphatic heterocycles. The molecule has 3 unspecified atom stereocenters. The van der Waals surface area contributed by atoms with Gasteiger partial charge in [0.2, 0.25) is 5.84 Å². The van der Waals surface area contributed by atoms with E-state index < -0.39 is 24.6 Å². The Bertz CT molecular complexity index is 1580. The maximum atomic E-state index is 13.9. The van der Waals surface area contributed by atoms with Crippen molar-refractivity contribution in [2.24, 2.45) is 5.16 Å². The summed E-state index contributed by atoms with van der Waals surface area (Å²) >= 11 is 0. The molecule has 0 aliphatic carbocycles. The van der Waals surface area contributed by atoms with Gasteiger partial charge in [-0.25, -0.2) is 9.37 Å². The van der Waals surface area contributed by atoms with E-state index in [1.54, 1.807) is 25.6 Å². The van der Waals surface area contributed by atoms with Crippen LogP contribution < -0.4 is 4.74 Å². The maximum absolute atomic E-state index is 13.9. The van der Waals surface area contributed by atoms with Gasteiger partial charge in [-0.2, -0.15) is 0 Å². The third-order valence-corrected chi connectivity index (χ3v) is 9.85. The second-order valence-corrected chi connectivity index (χ2v) is 13.0. The molecule has 2 saturated heterocycles. The standard InChI is InChI=1S/C29H32FN4O7P/c1-20-14-33(19-31-20)24-9-4-21(12-25(24)37-2)13-26-27-32-39-18-29(16-35,22-5-7-23(30)8-6-22)34(27)15-28(41-26)10-11-42(36,38-3)40-17-28/h4-9,12-14,19,35H,10-11,15-18H2,1-3H3/b26-13-. The summed E-state index contributed by atoms with van der Waals surface area (Å²) < 4.78 is 51.9. The Hall–Kier alpha value is -3.70. The number of methoxy groups -OCH3 is 1. The average Bonchev–Trinajstić information content (AvgIpc) is 3.45. The molecule has 3 atom stereocenters. The average molecular weight is 599 g/mol. The topological polar surface area (TPSA) is 117 Å². The summed E-state index contributed by atoms with van der Waals surface area (Å²) in [5.74, 6) is 0.950. The van der Waals surface area contributed by atoms with Crippen molar-refractivity contribution in [3.63, 3.8) is 0 Å². The van der Waals surface area contributed by atoms with E-state index in [2.05, 4.69) is 10.1 Å². The molecule has 0 bridgehead atoms. The first-order valence-electron chi connectivity index (χ1n) is 13.5. The highest BCUT2D eigenvalue weighted by atomic mass is 31.2. The SMILES string of the molecule is COc1cc(/C=C2\OC3(CCP(=O)(OC)OC3)CN3C2=NOCC3(CO)c2ccc(F)cc2)ccc1-n1cnc(C)c1. The molecule has 0 radical (unpaired) electrons. The van der Waals surface area contributed by atoms with Crippen LogP contribution in [0.4, 0.5) is 4.39 Å². The van der Waals surface area contributed by atoms with Gasteiger partial charge in [0.25, 0.3) is 0 Å². The Morgan fingerprint density at radius 2 is 2.00 bits per heavy atom. The molecule has 2 fully saturated rings. The number of amidine groups is 1. The van der Waals surface area contributed by atoms with E-state index in [1.165, 1.54) is 19.2 Å². The molecular weight excluding hydrogens is 566 g/mol. The monoisotopic (exact) mass is 598 g/mol. The maximum Gasteiger partial charge on any atom is 0.330 e. The minimum Gasteiger partial charge on any atom is -0.495 e. The van der Waals surface area contributed by atoms with Crippen molar-refractivity contribution >= 4 is 19.5 Å². The Kier molecular flexibility index (Phi) is 7.34. The van der Waals surface area contributed by atoms with E-state index in [4.69, 9.17) is 23.4 Å². The van der Waals surface area contributed by atoms with Crippen LogP contribution in [0.5, 0.6) is 5.75 Å². The number of imidazole rings is 1. The normalized spacial score (nSPS) is 28.2. The number of rotatable bonds is 6. The van der Waals surface area contributed by atoms with Gasteiger partial charge in [0.15, 0.2) is 11.4 Å². The van der Waals surface area contributed by atoms with Gasteiger partial charge in [0.1, 0.15) is 23.7 Å². The molecule has 2 aromatic carbocycles. The molecule has 1 N–H and O–H groups in total. The van der Waals surface area contributed by atoms with Crippen molar-refractivity contribution in [1.82, 2.24) is 14.5 Å². The van der Waals surface area contributed by atoms with Crippen molar-refractivity contribution in [1.29, 1.82) is 0 Å². The molecular formula is C29H32FN4O7P. The van der Waals surface area contributed by atoms with E-state index in [0.717, 1.165) is 16.9 Å². The molecule has 3 aromatic rings. The fraction of sp³-hybridized carbons (Fsp3) is 0.379. The van der Waals surface area contributed by atoms with Gasteiger partial charge < -0.3 is 37.9 Å². The van der Waals surface area contributed by atoms with Gasteiger partial charge in [0, 0.05) is 19.7 Å². The lowest BCUT2D eigenvalue weighted by atomic mass is 9.85. The Balaban J connectivity index is 1.44. The highest BCUT2D eigenvalue weighted by Crippen LogP contribution is 2.55. The van der Waals surface area contributed by atoms with Crippen molar-refractivity contribution in [2.45, 2.75) is 24.5 Å². The van der Waals surface area contributed by atoms with Crippen molar-refractivity contribution in [3.05, 3.63) is 83.4 Å². The van der Waals surface area contributed by atoms with E-state index in [9.17, 15) is 14.1 Å². The van der Waals surface area contributed by atoms with Crippen LogP contribution in [0.1, 0.15) is 23.2 Å². The quantitative estimate of drug-likeness (QED) is 0.416. The Labute approximate surface area is 242 Å². The molecule has 3 aliphatic rings. The zero-order chi connectivity index (χ0) is 29.5. The molecule has 13 heteroatoms. The van der Waals surface area contributed by atoms with Crippen LogP contribution >= 0.6 is 7.60 Å². The highest BCUT2D eigenvalue weighted by molar-refractivity contribution is 7.53. The number of aryl methyl sites for hydroxylation is 1. The van der Waals surface area contributed by atoms with Gasteiger partial charge in [0.05, 0.1) is 50.7 Å². The smallest absolute Gasteiger partial charge is 0.330 e. The molecule has 1 spiro atoms. The van der Waals surface area contributed by atoms with E-state index >= 15 is 0 Å². The molecule has 6 rings (SSSR count). The van der Waals surface area contributed by atoms with E-state index in [0.29, 0.717) is 29.3 Å². The first kappa shape index (κ1) is 28.4. The number of hydrogen-bond acceptors (Lipinski definition) is 10. The number of aliphatic hydroxyl groups is 1. The van der Waals surface area contributed by atoms with Crippen molar-refractivity contribution < 1.29 is 37.4 Å². The number of fused-ring (bicyclic) bond motifs is 1. The Morgan fingerprint density at radius 3 is 2.64 bits per heavy atom. The number of nitrogens with zero attached hydrogens (tertiary/aromatic N) is 4. The fourth-order valence-electron chi connectivity index (χ4n) is 5.59. The number of aliphatic hydroxyl groups excluding tert-OH is 1. The van der Waals surface area contributed by atoms with Crippen LogP contribution in [0.2, 0.25) is 0 Å². The predicted octanol–water partition coefficient (Wildman–Crippen LogP) is 4.23. The number of hydrogen-bond donors (Lipinski definition) is 1. The summed E-state index contributed by atoms with van der Waals surface area (Å²) in [4.78, 5) is 11.9. The van der Waals surface area contributed by atoms with E-state index in [1.807, 2.05) is 46.9 Å². The second-order valence-electron chi connectivity index (χ2n) is 10.7. The largest absolute Gasteiger partial charge is 0.495 e. The van der Waals surface area contributed by atoms with Gasteiger partial charge in [-0.1, -0.05) is 23.4 Å². The number of morpholine rings is 1. The van der Waals surface area contributed by atoms with Crippen LogP contribution in [-0.4, -0.2) is 77.7 Å².